The summed E-state index contributed by atoms with van der Waals surface area (Å²) in [6.07, 6.45) is 6.30. The molecule has 0 atom stereocenters. The van der Waals surface area contributed by atoms with Gasteiger partial charge in [0.25, 0.3) is 0 Å². The fraction of sp³-hybridized carbons (Fsp3) is 0.571. The van der Waals surface area contributed by atoms with Gasteiger partial charge in [-0.15, -0.1) is 24.8 Å². The normalized spacial score (nSPS) is 14.7. The summed E-state index contributed by atoms with van der Waals surface area (Å²) in [5.41, 5.74) is 0. The van der Waals surface area contributed by atoms with Crippen molar-refractivity contribution in [1.82, 2.24) is 15.3 Å². The summed E-state index contributed by atoms with van der Waals surface area (Å²) in [7, 11) is 0. The van der Waals surface area contributed by atoms with Crippen LogP contribution in [-0.2, 0) is 6.54 Å². The van der Waals surface area contributed by atoms with Crippen LogP contribution in [0.2, 0.25) is 0 Å². The van der Waals surface area contributed by atoms with Crippen molar-refractivity contribution in [3.8, 4) is 0 Å². The molecule has 2 N–H and O–H groups in total. The van der Waals surface area contributed by atoms with E-state index in [2.05, 4.69) is 15.3 Å². The van der Waals surface area contributed by atoms with Crippen molar-refractivity contribution in [1.29, 1.82) is 0 Å². The van der Waals surface area contributed by atoms with E-state index in [1.54, 1.807) is 6.20 Å². The molecule has 0 aromatic carbocycles. The summed E-state index contributed by atoms with van der Waals surface area (Å²) in [5.74, 6) is 1.03. The highest BCUT2D eigenvalue weighted by atomic mass is 35.5. The number of imidazole rings is 1. The Bertz CT molecular complexity index is 196. The van der Waals surface area contributed by atoms with Crippen LogP contribution in [0.25, 0.3) is 0 Å². The van der Waals surface area contributed by atoms with E-state index in [1.165, 1.54) is 12.8 Å². The van der Waals surface area contributed by atoms with Gasteiger partial charge in [-0.1, -0.05) is 0 Å². The van der Waals surface area contributed by atoms with Crippen molar-refractivity contribution in [2.24, 2.45) is 0 Å². The molecule has 1 fully saturated rings. The highest BCUT2D eigenvalue weighted by Crippen LogP contribution is 2.18. The molecule has 1 aromatic heterocycles. The predicted molar refractivity (Wildman–Crippen MR) is 52.9 cm³/mol. The lowest BCUT2D eigenvalue weighted by atomic mass is 10.5. The van der Waals surface area contributed by atoms with E-state index in [-0.39, 0.29) is 24.8 Å². The van der Waals surface area contributed by atoms with Crippen LogP contribution in [0.3, 0.4) is 0 Å². The van der Waals surface area contributed by atoms with E-state index in [0.29, 0.717) is 0 Å². The SMILES string of the molecule is Cl.Cl.c1c[nH]c(CNC2CC2)n1. The molecule has 0 radical (unpaired) electrons. The van der Waals surface area contributed by atoms with Crippen LogP contribution in [0.1, 0.15) is 18.7 Å². The van der Waals surface area contributed by atoms with Crippen molar-refractivity contribution in [3.63, 3.8) is 0 Å². The number of halogens is 2. The van der Waals surface area contributed by atoms with Crippen LogP contribution >= 0.6 is 24.8 Å². The van der Waals surface area contributed by atoms with E-state index < -0.39 is 0 Å². The smallest absolute Gasteiger partial charge is 0.120 e. The standard InChI is InChI=1S/C7H11N3.2ClH/c1-2-6(1)10-5-7-8-3-4-9-7;;/h3-4,6,10H,1-2,5H2,(H,8,9);2*1H. The second-order valence-electron chi connectivity index (χ2n) is 2.69. The molecule has 0 aliphatic heterocycles. The molecule has 1 aliphatic carbocycles. The number of aromatic amines is 1. The van der Waals surface area contributed by atoms with Gasteiger partial charge in [-0.3, -0.25) is 0 Å². The summed E-state index contributed by atoms with van der Waals surface area (Å²) < 4.78 is 0. The van der Waals surface area contributed by atoms with Crippen molar-refractivity contribution in [2.75, 3.05) is 0 Å². The summed E-state index contributed by atoms with van der Waals surface area (Å²) in [6.45, 7) is 0.887. The van der Waals surface area contributed by atoms with Gasteiger partial charge in [-0.2, -0.15) is 0 Å². The third-order valence-electron chi connectivity index (χ3n) is 1.69. The lowest BCUT2D eigenvalue weighted by Gasteiger charge is -1.96. The monoisotopic (exact) mass is 209 g/mol. The maximum Gasteiger partial charge on any atom is 0.120 e. The number of hydrogen-bond acceptors (Lipinski definition) is 2. The van der Waals surface area contributed by atoms with E-state index in [1.807, 2.05) is 6.20 Å². The molecule has 0 unspecified atom stereocenters. The first-order valence-electron chi connectivity index (χ1n) is 3.67. The third-order valence-corrected chi connectivity index (χ3v) is 1.69. The Labute approximate surface area is 84.2 Å². The molecule has 0 amide bonds. The molecule has 0 spiro atoms. The Balaban J connectivity index is 0.000000605. The summed E-state index contributed by atoms with van der Waals surface area (Å²) in [5, 5.41) is 3.37. The minimum atomic E-state index is 0. The molecule has 3 nitrogen and oxygen atoms in total. The van der Waals surface area contributed by atoms with Crippen LogP contribution in [0, 0.1) is 0 Å². The maximum atomic E-state index is 4.10. The fourth-order valence-corrected chi connectivity index (χ4v) is 0.923. The first kappa shape index (κ1) is 11.8. The highest BCUT2D eigenvalue weighted by Gasteiger charge is 2.19. The van der Waals surface area contributed by atoms with Gasteiger partial charge >= 0.3 is 0 Å². The fourth-order valence-electron chi connectivity index (χ4n) is 0.923. The van der Waals surface area contributed by atoms with E-state index in [9.17, 15) is 0 Å². The van der Waals surface area contributed by atoms with Crippen LogP contribution in [0.15, 0.2) is 12.4 Å². The largest absolute Gasteiger partial charge is 0.348 e. The minimum absolute atomic E-state index is 0. The number of aromatic nitrogens is 2. The second kappa shape index (κ2) is 5.41. The summed E-state index contributed by atoms with van der Waals surface area (Å²) in [4.78, 5) is 7.14. The van der Waals surface area contributed by atoms with E-state index >= 15 is 0 Å². The van der Waals surface area contributed by atoms with Crippen molar-refractivity contribution in [2.45, 2.75) is 25.4 Å². The number of H-pyrrole nitrogens is 1. The molecule has 0 bridgehead atoms. The Kier molecular flexibility index (Phi) is 5.29. The first-order valence-corrected chi connectivity index (χ1v) is 3.67. The Morgan fingerprint density at radius 2 is 2.25 bits per heavy atom. The van der Waals surface area contributed by atoms with Crippen LogP contribution in [0.4, 0.5) is 0 Å². The van der Waals surface area contributed by atoms with Crippen LogP contribution < -0.4 is 5.32 Å². The lowest BCUT2D eigenvalue weighted by molar-refractivity contribution is 0.664. The lowest BCUT2D eigenvalue weighted by Crippen LogP contribution is -2.16. The molecule has 70 valence electrons. The first-order chi connectivity index (χ1) is 4.95. The molecule has 12 heavy (non-hydrogen) atoms. The average molecular weight is 210 g/mol. The summed E-state index contributed by atoms with van der Waals surface area (Å²) in [6, 6.07) is 0.769. The number of nitrogens with zero attached hydrogens (tertiary/aromatic N) is 1. The zero-order chi connectivity index (χ0) is 6.81. The van der Waals surface area contributed by atoms with E-state index in [4.69, 9.17) is 0 Å². The van der Waals surface area contributed by atoms with Crippen LogP contribution in [-0.4, -0.2) is 16.0 Å². The van der Waals surface area contributed by atoms with Gasteiger partial charge < -0.3 is 10.3 Å². The van der Waals surface area contributed by atoms with Crippen molar-refractivity contribution < 1.29 is 0 Å². The Morgan fingerprint density at radius 1 is 1.50 bits per heavy atom. The molecule has 2 rings (SSSR count). The van der Waals surface area contributed by atoms with Gasteiger partial charge in [0.05, 0.1) is 6.54 Å². The molecule has 1 aromatic rings. The third kappa shape index (κ3) is 3.43. The zero-order valence-electron chi connectivity index (χ0n) is 6.62. The minimum Gasteiger partial charge on any atom is -0.348 e. The van der Waals surface area contributed by atoms with Crippen LogP contribution in [0.5, 0.6) is 0 Å². The quantitative estimate of drug-likeness (QED) is 0.793. The Morgan fingerprint density at radius 3 is 2.75 bits per heavy atom. The molecule has 1 saturated carbocycles. The molecule has 1 aliphatic rings. The average Bonchev–Trinajstić information content (AvgIpc) is 2.63. The van der Waals surface area contributed by atoms with Gasteiger partial charge in [0.15, 0.2) is 0 Å². The number of hydrogen-bond donors (Lipinski definition) is 2. The molecular formula is C7H13Cl2N3. The topological polar surface area (TPSA) is 40.7 Å². The predicted octanol–water partition coefficient (Wildman–Crippen LogP) is 1.51. The molecule has 5 heteroatoms. The highest BCUT2D eigenvalue weighted by molar-refractivity contribution is 5.85. The van der Waals surface area contributed by atoms with Gasteiger partial charge in [0, 0.05) is 18.4 Å². The van der Waals surface area contributed by atoms with E-state index in [0.717, 1.165) is 18.4 Å². The maximum absolute atomic E-state index is 4.10. The summed E-state index contributed by atoms with van der Waals surface area (Å²) >= 11 is 0. The molecule has 1 heterocycles. The zero-order valence-corrected chi connectivity index (χ0v) is 8.25. The second-order valence-corrected chi connectivity index (χ2v) is 2.69. The van der Waals surface area contributed by atoms with Crippen molar-refractivity contribution >= 4 is 24.8 Å². The van der Waals surface area contributed by atoms with Gasteiger partial charge in [-0.05, 0) is 12.8 Å². The number of rotatable bonds is 3. The van der Waals surface area contributed by atoms with Gasteiger partial charge in [-0.25, -0.2) is 4.98 Å². The van der Waals surface area contributed by atoms with Crippen molar-refractivity contribution in [3.05, 3.63) is 18.2 Å². The molecular weight excluding hydrogens is 197 g/mol. The molecule has 0 saturated heterocycles. The van der Waals surface area contributed by atoms with Gasteiger partial charge in [0.2, 0.25) is 0 Å². The number of nitrogens with one attached hydrogen (secondary N) is 2. The Hall–Kier alpha value is -0.250. The van der Waals surface area contributed by atoms with Gasteiger partial charge in [0.1, 0.15) is 5.82 Å².